The highest BCUT2D eigenvalue weighted by atomic mass is 32.2. The smallest absolute Gasteiger partial charge is 0.123 e. The molecule has 1 nitrogen and oxygen atoms in total. The van der Waals surface area contributed by atoms with Gasteiger partial charge in [-0.15, -0.1) is 11.8 Å². The minimum Gasteiger partial charge on any atom is -0.507 e. The Morgan fingerprint density at radius 1 is 0.864 bits per heavy atom. The molecule has 0 amide bonds. The van der Waals surface area contributed by atoms with Crippen LogP contribution in [0.2, 0.25) is 0 Å². The molecule has 0 aliphatic rings. The van der Waals surface area contributed by atoms with Crippen LogP contribution in [-0.4, -0.2) is 14.1 Å². The van der Waals surface area contributed by atoms with Gasteiger partial charge in [-0.25, -0.2) is 0 Å². The summed E-state index contributed by atoms with van der Waals surface area (Å²) in [5.41, 5.74) is 2.73. The number of thioether (sulfide) groups is 1. The van der Waals surface area contributed by atoms with Gasteiger partial charge in [0.15, 0.2) is 0 Å². The summed E-state index contributed by atoms with van der Waals surface area (Å²) in [7, 11) is 0. The average molecular weight is 339 g/mol. The lowest BCUT2D eigenvalue weighted by atomic mass is 9.78. The number of hydrogen-bond donors (Lipinski definition) is 1. The molecule has 3 heteroatoms. The van der Waals surface area contributed by atoms with Crippen LogP contribution in [0, 0.1) is 0 Å². The van der Waals surface area contributed by atoms with Crippen LogP contribution in [0.15, 0.2) is 12.1 Å². The zero-order chi connectivity index (χ0) is 17.5. The van der Waals surface area contributed by atoms with Gasteiger partial charge in [-0.3, -0.25) is 0 Å². The van der Waals surface area contributed by atoms with E-state index < -0.39 is 0 Å². The predicted octanol–water partition coefficient (Wildman–Crippen LogP) is 6.19. The fraction of sp³-hybridized carbons (Fsp3) is 0.632. The van der Waals surface area contributed by atoms with Crippen LogP contribution < -0.4 is 0 Å². The first-order chi connectivity index (χ1) is 9.63. The molecule has 0 atom stereocenters. The maximum Gasteiger partial charge on any atom is 0.123 e. The molecule has 0 heterocycles. The van der Waals surface area contributed by atoms with Crippen LogP contribution in [0.25, 0.3) is 0 Å². The molecule has 0 unspecified atom stereocenters. The van der Waals surface area contributed by atoms with Crippen LogP contribution in [0.3, 0.4) is 0 Å². The van der Waals surface area contributed by atoms with Crippen molar-refractivity contribution in [3.05, 3.63) is 28.8 Å². The third-order valence-electron chi connectivity index (χ3n) is 3.36. The van der Waals surface area contributed by atoms with Crippen molar-refractivity contribution in [1.29, 1.82) is 0 Å². The summed E-state index contributed by atoms with van der Waals surface area (Å²) >= 11 is 7.36. The second-order valence-corrected chi connectivity index (χ2v) is 11.4. The van der Waals surface area contributed by atoms with Crippen molar-refractivity contribution in [2.75, 3.05) is 0 Å². The Morgan fingerprint density at radius 2 is 1.23 bits per heavy atom. The monoisotopic (exact) mass is 338 g/mol. The van der Waals surface area contributed by atoms with E-state index in [9.17, 15) is 5.11 Å². The van der Waals surface area contributed by atoms with Crippen LogP contribution in [-0.2, 0) is 10.8 Å². The van der Waals surface area contributed by atoms with E-state index in [0.29, 0.717) is 5.75 Å². The van der Waals surface area contributed by atoms with E-state index in [4.69, 9.17) is 12.2 Å². The molecule has 1 aromatic carbocycles. The predicted molar refractivity (Wildman–Crippen MR) is 105 cm³/mol. The van der Waals surface area contributed by atoms with E-state index in [1.165, 1.54) is 0 Å². The molecule has 124 valence electrons. The first-order valence-corrected chi connectivity index (χ1v) is 8.97. The first-order valence-electron chi connectivity index (χ1n) is 7.74. The highest BCUT2D eigenvalue weighted by Gasteiger charge is 2.27. The van der Waals surface area contributed by atoms with Crippen LogP contribution >= 0.6 is 24.0 Å². The molecule has 22 heavy (non-hydrogen) atoms. The zero-order valence-electron chi connectivity index (χ0n) is 15.4. The minimum atomic E-state index is -0.123. The molecule has 0 radical (unpaired) electrons. The molecular weight excluding hydrogens is 308 g/mol. The van der Waals surface area contributed by atoms with Gasteiger partial charge >= 0.3 is 0 Å². The Balaban J connectivity index is 3.52. The van der Waals surface area contributed by atoms with Gasteiger partial charge in [0.05, 0.1) is 4.20 Å². The number of rotatable bonds is 1. The van der Waals surface area contributed by atoms with Gasteiger partial charge in [-0.2, -0.15) is 0 Å². The number of benzene rings is 1. The van der Waals surface area contributed by atoms with Gasteiger partial charge in [0.25, 0.3) is 0 Å². The first kappa shape index (κ1) is 19.5. The van der Waals surface area contributed by atoms with Crippen molar-refractivity contribution in [3.63, 3.8) is 0 Å². The van der Waals surface area contributed by atoms with Crippen molar-refractivity contribution in [2.24, 2.45) is 0 Å². The van der Waals surface area contributed by atoms with E-state index >= 15 is 0 Å². The number of hydrogen-bond acceptors (Lipinski definition) is 3. The molecule has 0 aliphatic carbocycles. The Labute approximate surface area is 145 Å². The third kappa shape index (κ3) is 4.99. The van der Waals surface area contributed by atoms with Crippen molar-refractivity contribution in [3.8, 4) is 5.75 Å². The molecule has 1 rings (SSSR count). The Bertz CT molecular complexity index is 532. The molecule has 1 N–H and O–H groups in total. The summed E-state index contributed by atoms with van der Waals surface area (Å²) in [5, 5.41) is 10.7. The molecule has 0 fully saturated rings. The Morgan fingerprint density at radius 3 is 1.50 bits per heavy atom. The van der Waals surface area contributed by atoms with Crippen molar-refractivity contribution >= 4 is 28.2 Å². The number of aromatic hydroxyl groups is 1. The van der Waals surface area contributed by atoms with Gasteiger partial charge in [0.2, 0.25) is 0 Å². The van der Waals surface area contributed by atoms with E-state index in [1.54, 1.807) is 11.8 Å². The van der Waals surface area contributed by atoms with E-state index in [0.717, 1.165) is 20.9 Å². The summed E-state index contributed by atoms with van der Waals surface area (Å²) in [4.78, 5) is 0. The van der Waals surface area contributed by atoms with Gasteiger partial charge in [0.1, 0.15) is 5.75 Å². The summed E-state index contributed by atoms with van der Waals surface area (Å²) in [6, 6.07) is 4.12. The minimum absolute atomic E-state index is 0.0821. The Hall–Kier alpha value is -0.540. The van der Waals surface area contributed by atoms with Gasteiger partial charge in [-0.05, 0) is 28.5 Å². The van der Waals surface area contributed by atoms with Crippen molar-refractivity contribution in [2.45, 2.75) is 77.9 Å². The third-order valence-corrected chi connectivity index (χ3v) is 4.88. The number of phenols is 1. The molecule has 0 saturated heterocycles. The molecular formula is C19H30OS2. The van der Waals surface area contributed by atoms with Crippen molar-refractivity contribution in [1.82, 2.24) is 0 Å². The molecule has 0 bridgehead atoms. The molecule has 0 spiro atoms. The lowest BCUT2D eigenvalue weighted by Crippen LogP contribution is -2.19. The molecule has 1 aromatic rings. The van der Waals surface area contributed by atoms with E-state index in [1.807, 2.05) is 0 Å². The fourth-order valence-corrected chi connectivity index (χ4v) is 3.89. The average Bonchev–Trinajstić information content (AvgIpc) is 2.23. The molecule has 0 aliphatic heterocycles. The van der Waals surface area contributed by atoms with Crippen LogP contribution in [0.5, 0.6) is 5.75 Å². The highest BCUT2D eigenvalue weighted by Crippen LogP contribution is 2.41. The van der Waals surface area contributed by atoms with Crippen molar-refractivity contribution < 1.29 is 5.11 Å². The standard InChI is InChI=1S/C19H30OS2/c1-17(2,3)13-10-12(16(21)22-19(7,8)9)11-14(15(13)20)18(4,5)6/h10-11,20H,1-9H3. The SMILES string of the molecule is CC(C)(C)SC(=S)c1cc(C(C)(C)C)c(O)c(C(C)(C)C)c1. The van der Waals surface area contributed by atoms with E-state index in [2.05, 4.69) is 74.4 Å². The lowest BCUT2D eigenvalue weighted by Gasteiger charge is -2.29. The van der Waals surface area contributed by atoms with Crippen LogP contribution in [0.1, 0.15) is 79.0 Å². The summed E-state index contributed by atoms with van der Waals surface area (Å²) in [6.45, 7) is 19.2. The molecule has 0 aromatic heterocycles. The lowest BCUT2D eigenvalue weighted by molar-refractivity contribution is 0.423. The molecule has 0 saturated carbocycles. The summed E-state index contributed by atoms with van der Waals surface area (Å²) < 4.78 is 0.974. The quantitative estimate of drug-likeness (QED) is 0.616. The number of thiocarbonyl (C=S) groups is 1. The number of phenolic OH excluding ortho intramolecular Hbond substituents is 1. The maximum absolute atomic E-state index is 10.7. The summed E-state index contributed by atoms with van der Waals surface area (Å²) in [6.07, 6.45) is 0. The topological polar surface area (TPSA) is 20.2 Å². The largest absolute Gasteiger partial charge is 0.507 e. The second-order valence-electron chi connectivity index (χ2n) is 8.92. The van der Waals surface area contributed by atoms with Gasteiger partial charge < -0.3 is 5.11 Å². The maximum atomic E-state index is 10.7. The Kier molecular flexibility index (Phi) is 5.46. The zero-order valence-corrected chi connectivity index (χ0v) is 17.1. The fourth-order valence-electron chi connectivity index (χ4n) is 2.23. The second kappa shape index (κ2) is 6.16. The normalized spacial score (nSPS) is 13.3. The van der Waals surface area contributed by atoms with Gasteiger partial charge in [0, 0.05) is 15.9 Å². The highest BCUT2D eigenvalue weighted by molar-refractivity contribution is 8.24. The van der Waals surface area contributed by atoms with Crippen LogP contribution in [0.4, 0.5) is 0 Å². The van der Waals surface area contributed by atoms with Gasteiger partial charge in [-0.1, -0.05) is 74.5 Å². The van der Waals surface area contributed by atoms with E-state index in [-0.39, 0.29) is 15.6 Å². The summed E-state index contributed by atoms with van der Waals surface area (Å²) in [5.74, 6) is 0.410.